The molecule has 1 N–H and O–H groups in total. The molecule has 0 fully saturated rings. The zero-order chi connectivity index (χ0) is 13.7. The lowest BCUT2D eigenvalue weighted by Gasteiger charge is -2.17. The molecule has 0 aromatic carbocycles. The Balaban J connectivity index is 2.37. The minimum Gasteiger partial charge on any atom is -0.451 e. The number of carbonyl (C=O) groups excluding carboxylic acids is 2. The molecule has 4 nitrogen and oxygen atoms in total. The number of nitrogens with one attached hydrogen (secondary N) is 1. The van der Waals surface area contributed by atoms with Gasteiger partial charge < -0.3 is 10.1 Å². The van der Waals surface area contributed by atoms with Gasteiger partial charge in [0.05, 0.1) is 0 Å². The number of esters is 1. The van der Waals surface area contributed by atoms with Gasteiger partial charge in [0.25, 0.3) is 5.91 Å². The van der Waals surface area contributed by atoms with Gasteiger partial charge in [-0.1, -0.05) is 13.8 Å². The van der Waals surface area contributed by atoms with Crippen LogP contribution in [-0.4, -0.2) is 24.5 Å². The molecule has 18 heavy (non-hydrogen) atoms. The predicted molar refractivity (Wildman–Crippen MR) is 71.8 cm³/mol. The second-order valence-corrected chi connectivity index (χ2v) is 5.87. The van der Waals surface area contributed by atoms with Crippen LogP contribution in [0.4, 0.5) is 0 Å². The molecule has 1 aromatic heterocycles. The van der Waals surface area contributed by atoms with E-state index in [2.05, 4.69) is 5.32 Å². The third-order valence-corrected chi connectivity index (χ3v) is 3.65. The summed E-state index contributed by atoms with van der Waals surface area (Å²) in [4.78, 5) is 24.7. The van der Waals surface area contributed by atoms with Gasteiger partial charge in [-0.15, -0.1) is 11.3 Å². The van der Waals surface area contributed by atoms with E-state index in [1.807, 2.05) is 33.8 Å². The standard InChI is InChI=1S/C13H19NO3S/c1-8(2)10(4)14-12(15)7-17-13(16)11-6-5-9(3)18-11/h5-6,8,10H,7H2,1-4H3,(H,14,15)/t10-/m0/s1. The summed E-state index contributed by atoms with van der Waals surface area (Å²) in [6, 6.07) is 3.62. The maximum absolute atomic E-state index is 11.6. The highest BCUT2D eigenvalue weighted by Gasteiger charge is 2.14. The van der Waals surface area contributed by atoms with Crippen LogP contribution in [0.2, 0.25) is 0 Å². The smallest absolute Gasteiger partial charge is 0.348 e. The summed E-state index contributed by atoms with van der Waals surface area (Å²) in [5, 5.41) is 2.78. The lowest BCUT2D eigenvalue weighted by atomic mass is 10.1. The zero-order valence-electron chi connectivity index (χ0n) is 11.1. The van der Waals surface area contributed by atoms with Crippen molar-refractivity contribution in [2.24, 2.45) is 5.92 Å². The molecule has 0 radical (unpaired) electrons. The molecule has 1 heterocycles. The summed E-state index contributed by atoms with van der Waals surface area (Å²) in [5.74, 6) is -0.358. The van der Waals surface area contributed by atoms with Crippen LogP contribution >= 0.6 is 11.3 Å². The zero-order valence-corrected chi connectivity index (χ0v) is 12.0. The van der Waals surface area contributed by atoms with Crippen molar-refractivity contribution in [3.63, 3.8) is 0 Å². The highest BCUT2D eigenvalue weighted by Crippen LogP contribution is 2.15. The fourth-order valence-electron chi connectivity index (χ4n) is 1.21. The molecule has 0 aliphatic heterocycles. The Morgan fingerprint density at radius 1 is 1.33 bits per heavy atom. The Bertz CT molecular complexity index is 426. The van der Waals surface area contributed by atoms with E-state index in [-0.39, 0.29) is 18.6 Å². The Morgan fingerprint density at radius 3 is 2.50 bits per heavy atom. The van der Waals surface area contributed by atoms with E-state index >= 15 is 0 Å². The first-order valence-electron chi connectivity index (χ1n) is 5.93. The van der Waals surface area contributed by atoms with Crippen LogP contribution in [0, 0.1) is 12.8 Å². The van der Waals surface area contributed by atoms with Crippen molar-refractivity contribution < 1.29 is 14.3 Å². The third kappa shape index (κ3) is 4.49. The molecule has 5 heteroatoms. The quantitative estimate of drug-likeness (QED) is 0.835. The Labute approximate surface area is 111 Å². The van der Waals surface area contributed by atoms with E-state index in [0.29, 0.717) is 10.8 Å². The van der Waals surface area contributed by atoms with Crippen LogP contribution in [-0.2, 0) is 9.53 Å². The van der Waals surface area contributed by atoms with Crippen molar-refractivity contribution in [1.82, 2.24) is 5.32 Å². The highest BCUT2D eigenvalue weighted by molar-refractivity contribution is 7.13. The van der Waals surface area contributed by atoms with Gasteiger partial charge >= 0.3 is 5.97 Å². The first-order valence-corrected chi connectivity index (χ1v) is 6.74. The first-order chi connectivity index (χ1) is 8.40. The van der Waals surface area contributed by atoms with Gasteiger partial charge in [0.2, 0.25) is 0 Å². The second kappa shape index (κ2) is 6.54. The molecule has 100 valence electrons. The average Bonchev–Trinajstić information content (AvgIpc) is 2.72. The molecular formula is C13H19NO3S. The monoisotopic (exact) mass is 269 g/mol. The van der Waals surface area contributed by atoms with Crippen LogP contribution < -0.4 is 5.32 Å². The predicted octanol–water partition coefficient (Wildman–Crippen LogP) is 2.37. The van der Waals surface area contributed by atoms with Crippen molar-refractivity contribution in [2.75, 3.05) is 6.61 Å². The van der Waals surface area contributed by atoms with E-state index in [9.17, 15) is 9.59 Å². The molecule has 1 amide bonds. The SMILES string of the molecule is Cc1ccc(C(=O)OCC(=O)N[C@@H](C)C(C)C)s1. The first kappa shape index (κ1) is 14.7. The molecule has 0 aliphatic rings. The van der Waals surface area contributed by atoms with Gasteiger partial charge in [0, 0.05) is 10.9 Å². The van der Waals surface area contributed by atoms with Crippen molar-refractivity contribution in [3.8, 4) is 0 Å². The lowest BCUT2D eigenvalue weighted by Crippen LogP contribution is -2.38. The van der Waals surface area contributed by atoms with Crippen LogP contribution in [0.25, 0.3) is 0 Å². The summed E-state index contributed by atoms with van der Waals surface area (Å²) < 4.78 is 4.94. The molecule has 0 bridgehead atoms. The van der Waals surface area contributed by atoms with Crippen LogP contribution in [0.5, 0.6) is 0 Å². The summed E-state index contributed by atoms with van der Waals surface area (Å²) in [5.41, 5.74) is 0. The van der Waals surface area contributed by atoms with Crippen molar-refractivity contribution in [2.45, 2.75) is 33.7 Å². The molecule has 0 unspecified atom stereocenters. The van der Waals surface area contributed by atoms with E-state index in [1.54, 1.807) is 6.07 Å². The molecule has 1 rings (SSSR count). The van der Waals surface area contributed by atoms with Crippen LogP contribution in [0.1, 0.15) is 35.3 Å². The van der Waals surface area contributed by atoms with Gasteiger partial charge in [0.1, 0.15) is 4.88 Å². The van der Waals surface area contributed by atoms with Gasteiger partial charge in [0.15, 0.2) is 6.61 Å². The third-order valence-electron chi connectivity index (χ3n) is 2.66. The highest BCUT2D eigenvalue weighted by atomic mass is 32.1. The van der Waals surface area contributed by atoms with Gasteiger partial charge in [-0.05, 0) is 31.9 Å². The summed E-state index contributed by atoms with van der Waals surface area (Å²) in [6.45, 7) is 7.65. The lowest BCUT2D eigenvalue weighted by molar-refractivity contribution is -0.125. The van der Waals surface area contributed by atoms with E-state index < -0.39 is 5.97 Å². The maximum Gasteiger partial charge on any atom is 0.348 e. The largest absolute Gasteiger partial charge is 0.451 e. The second-order valence-electron chi connectivity index (χ2n) is 4.59. The summed E-state index contributed by atoms with van der Waals surface area (Å²) in [7, 11) is 0. The Kier molecular flexibility index (Phi) is 5.34. The van der Waals surface area contributed by atoms with E-state index in [1.165, 1.54) is 11.3 Å². The Morgan fingerprint density at radius 2 is 2.00 bits per heavy atom. The number of hydrogen-bond acceptors (Lipinski definition) is 4. The molecule has 0 saturated carbocycles. The number of ether oxygens (including phenoxy) is 1. The number of carbonyl (C=O) groups is 2. The normalized spacial score (nSPS) is 12.3. The molecule has 0 spiro atoms. The minimum absolute atomic E-state index is 0.0696. The molecule has 1 aromatic rings. The molecular weight excluding hydrogens is 250 g/mol. The van der Waals surface area contributed by atoms with E-state index in [4.69, 9.17) is 4.74 Å². The number of thiophene rings is 1. The van der Waals surface area contributed by atoms with Gasteiger partial charge in [-0.25, -0.2) is 4.79 Å². The van der Waals surface area contributed by atoms with Gasteiger partial charge in [-0.3, -0.25) is 4.79 Å². The molecule has 0 saturated heterocycles. The number of amides is 1. The van der Waals surface area contributed by atoms with Crippen LogP contribution in [0.3, 0.4) is 0 Å². The fourth-order valence-corrected chi connectivity index (χ4v) is 1.97. The van der Waals surface area contributed by atoms with Crippen LogP contribution in [0.15, 0.2) is 12.1 Å². The molecule has 0 aliphatic carbocycles. The maximum atomic E-state index is 11.6. The Hall–Kier alpha value is -1.36. The number of hydrogen-bond donors (Lipinski definition) is 1. The van der Waals surface area contributed by atoms with Crippen molar-refractivity contribution in [1.29, 1.82) is 0 Å². The average molecular weight is 269 g/mol. The van der Waals surface area contributed by atoms with Crippen molar-refractivity contribution >= 4 is 23.2 Å². The van der Waals surface area contributed by atoms with Crippen molar-refractivity contribution in [3.05, 3.63) is 21.9 Å². The van der Waals surface area contributed by atoms with Gasteiger partial charge in [-0.2, -0.15) is 0 Å². The summed E-state index contributed by atoms with van der Waals surface area (Å²) >= 11 is 1.36. The summed E-state index contributed by atoms with van der Waals surface area (Å²) in [6.07, 6.45) is 0. The number of rotatable bonds is 5. The molecule has 1 atom stereocenters. The minimum atomic E-state index is -0.444. The number of aryl methyl sites for hydroxylation is 1. The fraction of sp³-hybridized carbons (Fsp3) is 0.538. The topological polar surface area (TPSA) is 55.4 Å². The van der Waals surface area contributed by atoms with E-state index in [0.717, 1.165) is 4.88 Å².